The summed E-state index contributed by atoms with van der Waals surface area (Å²) in [6.07, 6.45) is 6.99. The summed E-state index contributed by atoms with van der Waals surface area (Å²) < 4.78 is 0. The fraction of sp³-hybridized carbons (Fsp3) is 0.500. The van der Waals surface area contributed by atoms with Gasteiger partial charge in [-0.2, -0.15) is 0 Å². The fourth-order valence-corrected chi connectivity index (χ4v) is 3.45. The van der Waals surface area contributed by atoms with Crippen LogP contribution in [-0.4, -0.2) is 16.0 Å². The van der Waals surface area contributed by atoms with Gasteiger partial charge < -0.3 is 5.73 Å². The Balaban J connectivity index is 2.07. The van der Waals surface area contributed by atoms with Crippen LogP contribution < -0.4 is 5.73 Å². The molecule has 3 nitrogen and oxygen atoms in total. The Hall–Kier alpha value is -1.48. The molecule has 1 saturated carbocycles. The van der Waals surface area contributed by atoms with Gasteiger partial charge in [0.25, 0.3) is 0 Å². The largest absolute Gasteiger partial charge is 0.328 e. The number of nitrogens with zero attached hydrogens (tertiary/aromatic N) is 2. The van der Waals surface area contributed by atoms with E-state index in [-0.39, 0.29) is 0 Å². The van der Waals surface area contributed by atoms with Gasteiger partial charge in [-0.25, -0.2) is 0 Å². The first-order valence-electron chi connectivity index (χ1n) is 7.11. The van der Waals surface area contributed by atoms with Crippen molar-refractivity contribution >= 4 is 11.0 Å². The van der Waals surface area contributed by atoms with E-state index in [2.05, 4.69) is 35.9 Å². The van der Waals surface area contributed by atoms with Crippen molar-refractivity contribution in [1.29, 1.82) is 0 Å². The molecule has 0 bridgehead atoms. The van der Waals surface area contributed by atoms with Gasteiger partial charge in [0.15, 0.2) is 0 Å². The average Bonchev–Trinajstić information content (AvgIpc) is 2.38. The molecule has 100 valence electrons. The third-order valence-corrected chi connectivity index (χ3v) is 4.28. The number of nitrogens with two attached hydrogens (primary N) is 1. The smallest absolute Gasteiger partial charge is 0.0924 e. The first-order valence-corrected chi connectivity index (χ1v) is 7.11. The van der Waals surface area contributed by atoms with Gasteiger partial charge in [-0.15, -0.1) is 0 Å². The van der Waals surface area contributed by atoms with Gasteiger partial charge in [0, 0.05) is 18.4 Å². The second kappa shape index (κ2) is 4.89. The van der Waals surface area contributed by atoms with E-state index in [1.54, 1.807) is 12.4 Å². The number of fused-ring (bicyclic) bond motifs is 1. The molecule has 3 rings (SSSR count). The highest BCUT2D eigenvalue weighted by Gasteiger charge is 2.27. The summed E-state index contributed by atoms with van der Waals surface area (Å²) in [5.41, 5.74) is 10.8. The molecular weight excluding hydrogens is 234 g/mol. The zero-order valence-corrected chi connectivity index (χ0v) is 11.6. The summed E-state index contributed by atoms with van der Waals surface area (Å²) in [6.45, 7) is 4.39. The molecule has 1 aromatic heterocycles. The van der Waals surface area contributed by atoms with Crippen molar-refractivity contribution in [3.63, 3.8) is 0 Å². The molecule has 1 fully saturated rings. The highest BCUT2D eigenvalue weighted by Crippen LogP contribution is 2.38. The molecule has 1 heterocycles. The van der Waals surface area contributed by atoms with E-state index in [1.165, 1.54) is 17.5 Å². The summed E-state index contributed by atoms with van der Waals surface area (Å²) in [5, 5.41) is 0. The van der Waals surface area contributed by atoms with Crippen molar-refractivity contribution < 1.29 is 0 Å². The van der Waals surface area contributed by atoms with Crippen LogP contribution in [0.25, 0.3) is 11.0 Å². The van der Waals surface area contributed by atoms with E-state index in [1.807, 2.05) is 0 Å². The molecule has 0 aliphatic heterocycles. The molecule has 1 aliphatic carbocycles. The Bertz CT molecular complexity index is 584. The third-order valence-electron chi connectivity index (χ3n) is 4.28. The molecular formula is C16H21N3. The van der Waals surface area contributed by atoms with Crippen LogP contribution in [0.1, 0.15) is 43.2 Å². The van der Waals surface area contributed by atoms with Crippen LogP contribution >= 0.6 is 0 Å². The molecule has 3 atom stereocenters. The number of hydrogen-bond acceptors (Lipinski definition) is 3. The molecule has 0 spiro atoms. The standard InChI is InChI=1S/C16H21N3/c1-10-7-12(9-13(17)8-10)14-4-3-11(2)15-16(14)19-6-5-18-15/h3-6,10,12-13H,7-9,17H2,1-2H3/t10-,12+,13-/m1/s1. The molecule has 0 amide bonds. The molecule has 0 radical (unpaired) electrons. The number of aryl methyl sites for hydroxylation is 1. The molecule has 0 saturated heterocycles. The van der Waals surface area contributed by atoms with Crippen LogP contribution in [0, 0.1) is 12.8 Å². The van der Waals surface area contributed by atoms with Gasteiger partial charge in [0.1, 0.15) is 0 Å². The lowest BCUT2D eigenvalue weighted by Gasteiger charge is -2.32. The summed E-state index contributed by atoms with van der Waals surface area (Å²) >= 11 is 0. The molecule has 1 aromatic carbocycles. The maximum absolute atomic E-state index is 6.19. The Kier molecular flexibility index (Phi) is 3.23. The van der Waals surface area contributed by atoms with Crippen LogP contribution in [0.5, 0.6) is 0 Å². The second-order valence-corrected chi connectivity index (χ2v) is 5.99. The number of aromatic nitrogens is 2. The average molecular weight is 255 g/mol. The number of benzene rings is 1. The molecule has 0 unspecified atom stereocenters. The molecule has 2 N–H and O–H groups in total. The summed E-state index contributed by atoms with van der Waals surface area (Å²) in [4.78, 5) is 9.04. The first kappa shape index (κ1) is 12.5. The Morgan fingerprint density at radius 1 is 1.05 bits per heavy atom. The van der Waals surface area contributed by atoms with E-state index in [0.29, 0.717) is 17.9 Å². The predicted octanol–water partition coefficient (Wildman–Crippen LogP) is 3.17. The highest BCUT2D eigenvalue weighted by atomic mass is 14.8. The van der Waals surface area contributed by atoms with Gasteiger partial charge >= 0.3 is 0 Å². The van der Waals surface area contributed by atoms with E-state index < -0.39 is 0 Å². The van der Waals surface area contributed by atoms with E-state index in [0.717, 1.165) is 23.9 Å². The van der Waals surface area contributed by atoms with Crippen LogP contribution in [0.15, 0.2) is 24.5 Å². The molecule has 19 heavy (non-hydrogen) atoms. The van der Waals surface area contributed by atoms with Crippen molar-refractivity contribution in [3.05, 3.63) is 35.7 Å². The Morgan fingerprint density at radius 3 is 2.53 bits per heavy atom. The van der Waals surface area contributed by atoms with Gasteiger partial charge in [-0.05, 0) is 49.1 Å². The maximum atomic E-state index is 6.19. The zero-order valence-electron chi connectivity index (χ0n) is 11.6. The van der Waals surface area contributed by atoms with Gasteiger partial charge in [0.2, 0.25) is 0 Å². The zero-order chi connectivity index (χ0) is 13.4. The van der Waals surface area contributed by atoms with Gasteiger partial charge in [-0.3, -0.25) is 9.97 Å². The Morgan fingerprint density at radius 2 is 1.79 bits per heavy atom. The highest BCUT2D eigenvalue weighted by molar-refractivity contribution is 5.81. The lowest BCUT2D eigenvalue weighted by atomic mass is 9.76. The minimum Gasteiger partial charge on any atom is -0.328 e. The maximum Gasteiger partial charge on any atom is 0.0924 e. The van der Waals surface area contributed by atoms with Crippen LogP contribution in [-0.2, 0) is 0 Å². The summed E-state index contributed by atoms with van der Waals surface area (Å²) in [6, 6.07) is 4.71. The van der Waals surface area contributed by atoms with E-state index >= 15 is 0 Å². The number of hydrogen-bond donors (Lipinski definition) is 1. The van der Waals surface area contributed by atoms with Crippen molar-refractivity contribution in [1.82, 2.24) is 9.97 Å². The predicted molar refractivity (Wildman–Crippen MR) is 78.0 cm³/mol. The minimum absolute atomic E-state index is 0.321. The van der Waals surface area contributed by atoms with Crippen LogP contribution in [0.2, 0.25) is 0 Å². The lowest BCUT2D eigenvalue weighted by Crippen LogP contribution is -2.31. The Labute approximate surface area is 114 Å². The van der Waals surface area contributed by atoms with E-state index in [4.69, 9.17) is 5.73 Å². The van der Waals surface area contributed by atoms with Crippen LogP contribution in [0.3, 0.4) is 0 Å². The van der Waals surface area contributed by atoms with E-state index in [9.17, 15) is 0 Å². The van der Waals surface area contributed by atoms with Crippen molar-refractivity contribution in [2.24, 2.45) is 11.7 Å². The summed E-state index contributed by atoms with van der Waals surface area (Å²) in [7, 11) is 0. The number of rotatable bonds is 1. The van der Waals surface area contributed by atoms with Crippen LogP contribution in [0.4, 0.5) is 0 Å². The molecule has 2 aromatic rings. The topological polar surface area (TPSA) is 51.8 Å². The quantitative estimate of drug-likeness (QED) is 0.851. The van der Waals surface area contributed by atoms with Gasteiger partial charge in [-0.1, -0.05) is 19.1 Å². The molecule has 3 heteroatoms. The van der Waals surface area contributed by atoms with Crippen molar-refractivity contribution in [2.45, 2.75) is 45.1 Å². The second-order valence-electron chi connectivity index (χ2n) is 5.99. The van der Waals surface area contributed by atoms with Gasteiger partial charge in [0.05, 0.1) is 11.0 Å². The third kappa shape index (κ3) is 2.35. The van der Waals surface area contributed by atoms with Crippen molar-refractivity contribution in [2.75, 3.05) is 0 Å². The SMILES string of the molecule is Cc1ccc([C@H]2C[C@@H](C)C[C@@H](N)C2)c2nccnc12. The monoisotopic (exact) mass is 255 g/mol. The fourth-order valence-electron chi connectivity index (χ4n) is 3.45. The normalized spacial score (nSPS) is 27.6. The molecule has 1 aliphatic rings. The van der Waals surface area contributed by atoms with Crippen molar-refractivity contribution in [3.8, 4) is 0 Å². The summed E-state index contributed by atoms with van der Waals surface area (Å²) in [5.74, 6) is 1.22. The lowest BCUT2D eigenvalue weighted by molar-refractivity contribution is 0.309. The minimum atomic E-state index is 0.321. The first-order chi connectivity index (χ1) is 9.15.